The van der Waals surface area contributed by atoms with Gasteiger partial charge in [0.15, 0.2) is 0 Å². The van der Waals surface area contributed by atoms with Gasteiger partial charge < -0.3 is 5.32 Å². The van der Waals surface area contributed by atoms with Crippen LogP contribution in [0.4, 0.5) is 13.2 Å². The Morgan fingerprint density at radius 1 is 0.969 bits per heavy atom. The van der Waals surface area contributed by atoms with Crippen LogP contribution < -0.4 is 5.32 Å². The number of halogens is 3. The first-order valence-electron chi connectivity index (χ1n) is 9.77. The Kier molecular flexibility index (Phi) is 6.32. The summed E-state index contributed by atoms with van der Waals surface area (Å²) in [4.78, 5) is 21.6. The van der Waals surface area contributed by atoms with Gasteiger partial charge in [-0.05, 0) is 29.8 Å². The van der Waals surface area contributed by atoms with E-state index in [-0.39, 0.29) is 12.3 Å². The summed E-state index contributed by atoms with van der Waals surface area (Å²) in [6.07, 6.45) is -2.66. The monoisotopic (exact) mass is 453 g/mol. The van der Waals surface area contributed by atoms with Gasteiger partial charge in [0.1, 0.15) is 5.01 Å². The van der Waals surface area contributed by atoms with Crippen molar-refractivity contribution in [2.45, 2.75) is 18.6 Å². The summed E-state index contributed by atoms with van der Waals surface area (Å²) in [5.74, 6) is -0.228. The van der Waals surface area contributed by atoms with Crippen LogP contribution >= 0.6 is 11.3 Å². The molecule has 8 heteroatoms. The Morgan fingerprint density at radius 3 is 2.34 bits per heavy atom. The summed E-state index contributed by atoms with van der Waals surface area (Å²) in [5.41, 5.74) is 2.04. The van der Waals surface area contributed by atoms with Gasteiger partial charge in [-0.15, -0.1) is 11.3 Å². The second kappa shape index (κ2) is 9.32. The molecule has 32 heavy (non-hydrogen) atoms. The fourth-order valence-electron chi connectivity index (χ4n) is 3.22. The quantitative estimate of drug-likeness (QED) is 0.409. The number of pyridine rings is 1. The zero-order chi connectivity index (χ0) is 22.6. The molecule has 2 aromatic heterocycles. The van der Waals surface area contributed by atoms with Gasteiger partial charge in [0, 0.05) is 17.1 Å². The predicted molar refractivity (Wildman–Crippen MR) is 117 cm³/mol. The van der Waals surface area contributed by atoms with Gasteiger partial charge >= 0.3 is 6.18 Å². The maximum absolute atomic E-state index is 12.8. The molecule has 4 nitrogen and oxygen atoms in total. The largest absolute Gasteiger partial charge is 0.416 e. The SMILES string of the molecule is O=C(Cc1csc(-c2ccc(C(F)(F)F)cc2)n1)NC(c1ccccc1)c1ccccn1. The van der Waals surface area contributed by atoms with E-state index in [1.54, 1.807) is 11.6 Å². The Hall–Kier alpha value is -3.52. The Balaban J connectivity index is 1.47. The summed E-state index contributed by atoms with van der Waals surface area (Å²) in [6.45, 7) is 0. The number of amides is 1. The third-order valence-electron chi connectivity index (χ3n) is 4.77. The molecule has 2 heterocycles. The molecule has 0 bridgehead atoms. The summed E-state index contributed by atoms with van der Waals surface area (Å²) >= 11 is 1.28. The number of carbonyl (C=O) groups is 1. The molecule has 0 aliphatic rings. The fourth-order valence-corrected chi connectivity index (χ4v) is 4.05. The van der Waals surface area contributed by atoms with Crippen molar-refractivity contribution in [2.75, 3.05) is 0 Å². The maximum Gasteiger partial charge on any atom is 0.416 e. The second-order valence-electron chi connectivity index (χ2n) is 7.06. The highest BCUT2D eigenvalue weighted by atomic mass is 32.1. The Bertz CT molecular complexity index is 1140. The number of aromatic nitrogens is 2. The van der Waals surface area contributed by atoms with E-state index in [2.05, 4.69) is 15.3 Å². The molecule has 4 aromatic rings. The minimum Gasteiger partial charge on any atom is -0.343 e. The van der Waals surface area contributed by atoms with Crippen LogP contribution in [0.1, 0.15) is 28.6 Å². The van der Waals surface area contributed by atoms with E-state index in [4.69, 9.17) is 0 Å². The predicted octanol–water partition coefficient (Wildman–Crippen LogP) is 5.67. The van der Waals surface area contributed by atoms with E-state index in [9.17, 15) is 18.0 Å². The van der Waals surface area contributed by atoms with E-state index in [1.165, 1.54) is 23.5 Å². The number of nitrogens with zero attached hydrogens (tertiary/aromatic N) is 2. The standard InChI is InChI=1S/C24H18F3N3OS/c25-24(26,27)18-11-9-17(10-12-18)23-29-19(15-32-23)14-21(31)30-22(16-6-2-1-3-7-16)20-8-4-5-13-28-20/h1-13,15,22H,14H2,(H,30,31). The fraction of sp³-hybridized carbons (Fsp3) is 0.125. The Labute approximate surface area is 186 Å². The van der Waals surface area contributed by atoms with Crippen molar-refractivity contribution >= 4 is 17.2 Å². The number of nitrogens with one attached hydrogen (secondary N) is 1. The topological polar surface area (TPSA) is 54.9 Å². The van der Waals surface area contributed by atoms with Crippen molar-refractivity contribution in [3.8, 4) is 10.6 Å². The molecule has 0 fully saturated rings. The normalized spacial score (nSPS) is 12.3. The van der Waals surface area contributed by atoms with E-state index in [0.29, 0.717) is 16.3 Å². The number of benzene rings is 2. The third-order valence-corrected chi connectivity index (χ3v) is 5.71. The third kappa shape index (κ3) is 5.20. The van der Waals surface area contributed by atoms with Gasteiger partial charge in [-0.2, -0.15) is 13.2 Å². The zero-order valence-corrected chi connectivity index (χ0v) is 17.5. The number of thiazole rings is 1. The van der Waals surface area contributed by atoms with Crippen molar-refractivity contribution in [3.63, 3.8) is 0 Å². The minimum atomic E-state index is -4.38. The number of hydrogen-bond donors (Lipinski definition) is 1. The lowest BCUT2D eigenvalue weighted by molar-refractivity contribution is -0.137. The van der Waals surface area contributed by atoms with Crippen molar-refractivity contribution < 1.29 is 18.0 Å². The van der Waals surface area contributed by atoms with Crippen LogP contribution in [0.15, 0.2) is 84.4 Å². The molecule has 0 saturated heterocycles. The van der Waals surface area contributed by atoms with E-state index in [1.807, 2.05) is 48.5 Å². The van der Waals surface area contributed by atoms with Crippen molar-refractivity contribution in [2.24, 2.45) is 0 Å². The highest BCUT2D eigenvalue weighted by Gasteiger charge is 2.30. The van der Waals surface area contributed by atoms with Crippen LogP contribution in [0.3, 0.4) is 0 Å². The molecule has 0 saturated carbocycles. The molecule has 162 valence electrons. The molecule has 1 atom stereocenters. The lowest BCUT2D eigenvalue weighted by atomic mass is 10.0. The van der Waals surface area contributed by atoms with E-state index in [0.717, 1.165) is 23.4 Å². The van der Waals surface area contributed by atoms with Gasteiger partial charge in [-0.3, -0.25) is 9.78 Å². The first-order valence-corrected chi connectivity index (χ1v) is 10.7. The number of hydrogen-bond acceptors (Lipinski definition) is 4. The minimum absolute atomic E-state index is 0.0489. The van der Waals surface area contributed by atoms with Crippen molar-refractivity contribution in [1.29, 1.82) is 0 Å². The Morgan fingerprint density at radius 2 is 1.69 bits per heavy atom. The smallest absolute Gasteiger partial charge is 0.343 e. The highest BCUT2D eigenvalue weighted by molar-refractivity contribution is 7.13. The molecule has 1 amide bonds. The molecule has 0 aliphatic heterocycles. The van der Waals surface area contributed by atoms with Crippen molar-refractivity contribution in [3.05, 3.63) is 107 Å². The summed E-state index contributed by atoms with van der Waals surface area (Å²) in [6, 6.07) is 19.5. The molecular weight excluding hydrogens is 435 g/mol. The molecule has 0 spiro atoms. The zero-order valence-electron chi connectivity index (χ0n) is 16.7. The lowest BCUT2D eigenvalue weighted by Gasteiger charge is -2.18. The van der Waals surface area contributed by atoms with Crippen LogP contribution in [-0.4, -0.2) is 15.9 Å². The summed E-state index contributed by atoms with van der Waals surface area (Å²) < 4.78 is 38.3. The molecular formula is C24H18F3N3OS. The summed E-state index contributed by atoms with van der Waals surface area (Å²) in [5, 5.41) is 5.31. The lowest BCUT2D eigenvalue weighted by Crippen LogP contribution is -2.31. The number of rotatable bonds is 6. The van der Waals surface area contributed by atoms with E-state index >= 15 is 0 Å². The number of alkyl halides is 3. The average molecular weight is 453 g/mol. The second-order valence-corrected chi connectivity index (χ2v) is 7.92. The van der Waals surface area contributed by atoms with Crippen LogP contribution in [0.25, 0.3) is 10.6 Å². The van der Waals surface area contributed by atoms with Crippen LogP contribution in [0.2, 0.25) is 0 Å². The first kappa shape index (κ1) is 21.7. The summed E-state index contributed by atoms with van der Waals surface area (Å²) in [7, 11) is 0. The van der Waals surface area contributed by atoms with Gasteiger partial charge in [-0.1, -0.05) is 48.5 Å². The molecule has 1 N–H and O–H groups in total. The molecule has 4 rings (SSSR count). The molecule has 1 unspecified atom stereocenters. The molecule has 0 aliphatic carbocycles. The highest BCUT2D eigenvalue weighted by Crippen LogP contribution is 2.32. The van der Waals surface area contributed by atoms with Crippen molar-refractivity contribution in [1.82, 2.24) is 15.3 Å². The first-order chi connectivity index (χ1) is 15.4. The van der Waals surface area contributed by atoms with Crippen LogP contribution in [-0.2, 0) is 17.4 Å². The van der Waals surface area contributed by atoms with Gasteiger partial charge in [0.05, 0.1) is 29.4 Å². The van der Waals surface area contributed by atoms with E-state index < -0.39 is 17.8 Å². The average Bonchev–Trinajstić information content (AvgIpc) is 3.26. The maximum atomic E-state index is 12.8. The van der Waals surface area contributed by atoms with Gasteiger partial charge in [0.2, 0.25) is 5.91 Å². The van der Waals surface area contributed by atoms with Crippen LogP contribution in [0, 0.1) is 0 Å². The molecule has 0 radical (unpaired) electrons. The van der Waals surface area contributed by atoms with Crippen LogP contribution in [0.5, 0.6) is 0 Å². The number of carbonyl (C=O) groups excluding carboxylic acids is 1. The van der Waals surface area contributed by atoms with Gasteiger partial charge in [-0.25, -0.2) is 4.98 Å². The molecule has 2 aromatic carbocycles. The van der Waals surface area contributed by atoms with Gasteiger partial charge in [0.25, 0.3) is 0 Å².